The number of hydrogen-bond donors (Lipinski definition) is 1. The van der Waals surface area contributed by atoms with Gasteiger partial charge in [0.05, 0.1) is 0 Å². The number of nitrogens with zero attached hydrogens (tertiary/aromatic N) is 1. The van der Waals surface area contributed by atoms with Gasteiger partial charge in [-0.15, -0.1) is 0 Å². The highest BCUT2D eigenvalue weighted by Gasteiger charge is 2.35. The van der Waals surface area contributed by atoms with Crippen LogP contribution in [-0.4, -0.2) is 29.8 Å². The lowest BCUT2D eigenvalue weighted by molar-refractivity contribution is -0.143. The van der Waals surface area contributed by atoms with E-state index in [9.17, 15) is 9.59 Å². The average Bonchev–Trinajstić information content (AvgIpc) is 2.26. The van der Waals surface area contributed by atoms with Crippen molar-refractivity contribution in [3.8, 4) is 0 Å². The number of piperidine rings is 1. The van der Waals surface area contributed by atoms with E-state index in [1.807, 2.05) is 18.7 Å². The van der Waals surface area contributed by atoms with Crippen molar-refractivity contribution in [3.63, 3.8) is 0 Å². The number of likely N-dealkylation sites (tertiary alicyclic amines) is 1. The summed E-state index contributed by atoms with van der Waals surface area (Å²) in [4.78, 5) is 25.4. The number of rotatable bonds is 4. The maximum atomic E-state index is 12.4. The Balaban J connectivity index is 2.57. The van der Waals surface area contributed by atoms with E-state index in [4.69, 9.17) is 5.73 Å². The highest BCUT2D eigenvalue weighted by Crippen LogP contribution is 2.29. The summed E-state index contributed by atoms with van der Waals surface area (Å²) in [6, 6.07) is 0. The zero-order valence-corrected chi connectivity index (χ0v) is 12.0. The number of carbonyl (C=O) groups excluding carboxylic acids is 2. The van der Waals surface area contributed by atoms with Crippen molar-refractivity contribution >= 4 is 11.8 Å². The minimum atomic E-state index is -0.312. The van der Waals surface area contributed by atoms with E-state index in [-0.39, 0.29) is 23.1 Å². The third-order valence-corrected chi connectivity index (χ3v) is 3.68. The lowest BCUT2D eigenvalue weighted by Crippen LogP contribution is -2.47. The predicted octanol–water partition coefficient (Wildman–Crippen LogP) is 1.78. The molecule has 0 radical (unpaired) electrons. The lowest BCUT2D eigenvalue weighted by atomic mass is 9.82. The summed E-state index contributed by atoms with van der Waals surface area (Å²) in [5.74, 6) is 0.428. The van der Waals surface area contributed by atoms with Crippen LogP contribution in [0.15, 0.2) is 0 Å². The Bertz CT molecular complexity index is 316. The van der Waals surface area contributed by atoms with Crippen molar-refractivity contribution < 1.29 is 9.59 Å². The third kappa shape index (κ3) is 3.72. The molecule has 0 unspecified atom stereocenters. The van der Waals surface area contributed by atoms with Crippen molar-refractivity contribution in [2.45, 2.75) is 47.0 Å². The molecule has 1 saturated heterocycles. The predicted molar refractivity (Wildman–Crippen MR) is 71.7 cm³/mol. The lowest BCUT2D eigenvalue weighted by Gasteiger charge is -2.37. The van der Waals surface area contributed by atoms with Crippen LogP contribution in [0.1, 0.15) is 47.0 Å². The highest BCUT2D eigenvalue weighted by atomic mass is 16.2. The van der Waals surface area contributed by atoms with Gasteiger partial charge in [0.25, 0.3) is 0 Å². The second-order valence-corrected chi connectivity index (χ2v) is 6.45. The first-order valence-corrected chi connectivity index (χ1v) is 6.82. The Morgan fingerprint density at radius 1 is 1.28 bits per heavy atom. The number of amides is 2. The molecule has 0 atom stereocenters. The van der Waals surface area contributed by atoms with Gasteiger partial charge in [0.2, 0.25) is 11.8 Å². The summed E-state index contributed by atoms with van der Waals surface area (Å²) in [5, 5.41) is 0. The molecule has 1 heterocycles. The van der Waals surface area contributed by atoms with E-state index in [1.54, 1.807) is 0 Å². The Labute approximate surface area is 110 Å². The van der Waals surface area contributed by atoms with Crippen LogP contribution >= 0.6 is 0 Å². The molecule has 1 aliphatic rings. The monoisotopic (exact) mass is 254 g/mol. The van der Waals surface area contributed by atoms with Crippen LogP contribution in [0.25, 0.3) is 0 Å². The van der Waals surface area contributed by atoms with Crippen LogP contribution in [0.5, 0.6) is 0 Å². The SMILES string of the molecule is CC(C)CC(C)(C)C(=O)N1CCC(C(N)=O)CC1. The second-order valence-electron chi connectivity index (χ2n) is 6.45. The fraction of sp³-hybridized carbons (Fsp3) is 0.857. The number of carbonyl (C=O) groups is 2. The minimum Gasteiger partial charge on any atom is -0.369 e. The largest absolute Gasteiger partial charge is 0.369 e. The Morgan fingerprint density at radius 2 is 1.78 bits per heavy atom. The number of primary amides is 1. The molecule has 0 saturated carbocycles. The smallest absolute Gasteiger partial charge is 0.228 e. The van der Waals surface area contributed by atoms with E-state index in [0.29, 0.717) is 31.8 Å². The molecule has 0 bridgehead atoms. The van der Waals surface area contributed by atoms with E-state index >= 15 is 0 Å². The van der Waals surface area contributed by atoms with Gasteiger partial charge >= 0.3 is 0 Å². The molecule has 4 heteroatoms. The van der Waals surface area contributed by atoms with Crippen molar-refractivity contribution in [1.82, 2.24) is 4.90 Å². The van der Waals surface area contributed by atoms with Gasteiger partial charge in [-0.3, -0.25) is 9.59 Å². The first kappa shape index (κ1) is 15.0. The quantitative estimate of drug-likeness (QED) is 0.831. The molecule has 1 aliphatic heterocycles. The van der Waals surface area contributed by atoms with Crippen molar-refractivity contribution in [3.05, 3.63) is 0 Å². The molecule has 1 fully saturated rings. The molecule has 4 nitrogen and oxygen atoms in total. The van der Waals surface area contributed by atoms with E-state index < -0.39 is 0 Å². The fourth-order valence-electron chi connectivity index (χ4n) is 2.90. The zero-order chi connectivity index (χ0) is 13.9. The molecule has 2 N–H and O–H groups in total. The van der Waals surface area contributed by atoms with Crippen molar-refractivity contribution in [2.24, 2.45) is 23.0 Å². The summed E-state index contributed by atoms with van der Waals surface area (Å²) in [6.07, 6.45) is 2.30. The molecule has 0 aromatic heterocycles. The molecular weight excluding hydrogens is 228 g/mol. The summed E-state index contributed by atoms with van der Waals surface area (Å²) < 4.78 is 0. The van der Waals surface area contributed by atoms with Crippen molar-refractivity contribution in [1.29, 1.82) is 0 Å². The zero-order valence-electron chi connectivity index (χ0n) is 12.0. The fourth-order valence-corrected chi connectivity index (χ4v) is 2.90. The summed E-state index contributed by atoms with van der Waals surface area (Å²) >= 11 is 0. The third-order valence-electron chi connectivity index (χ3n) is 3.68. The molecule has 104 valence electrons. The van der Waals surface area contributed by atoms with E-state index in [1.165, 1.54) is 0 Å². The summed E-state index contributed by atoms with van der Waals surface area (Å²) in [7, 11) is 0. The molecule has 0 aromatic carbocycles. The van der Waals surface area contributed by atoms with Crippen molar-refractivity contribution in [2.75, 3.05) is 13.1 Å². The van der Waals surface area contributed by atoms with Crippen LogP contribution in [-0.2, 0) is 9.59 Å². The van der Waals surface area contributed by atoms with E-state index in [2.05, 4.69) is 13.8 Å². The van der Waals surface area contributed by atoms with Gasteiger partial charge in [0.1, 0.15) is 0 Å². The number of hydrogen-bond acceptors (Lipinski definition) is 2. The Kier molecular flexibility index (Phi) is 4.77. The van der Waals surface area contributed by atoms with E-state index in [0.717, 1.165) is 6.42 Å². The van der Waals surface area contributed by atoms with Gasteiger partial charge in [-0.25, -0.2) is 0 Å². The van der Waals surface area contributed by atoms with Crippen LogP contribution in [0, 0.1) is 17.3 Å². The first-order chi connectivity index (χ1) is 8.24. The summed E-state index contributed by atoms with van der Waals surface area (Å²) in [6.45, 7) is 9.61. The Morgan fingerprint density at radius 3 is 2.17 bits per heavy atom. The van der Waals surface area contributed by atoms with Gasteiger partial charge < -0.3 is 10.6 Å². The van der Waals surface area contributed by atoms with Crippen LogP contribution in [0.2, 0.25) is 0 Å². The normalized spacial score (nSPS) is 18.2. The van der Waals surface area contributed by atoms with Gasteiger partial charge in [-0.05, 0) is 25.2 Å². The molecule has 1 rings (SSSR count). The molecule has 0 aromatic rings. The molecular formula is C14H26N2O2. The molecule has 0 aliphatic carbocycles. The van der Waals surface area contributed by atoms with Gasteiger partial charge in [-0.1, -0.05) is 27.7 Å². The topological polar surface area (TPSA) is 63.4 Å². The van der Waals surface area contributed by atoms with Crippen LogP contribution in [0.4, 0.5) is 0 Å². The highest BCUT2D eigenvalue weighted by molar-refractivity contribution is 5.82. The standard InChI is InChI=1S/C14H26N2O2/c1-10(2)9-14(3,4)13(18)16-7-5-11(6-8-16)12(15)17/h10-11H,5-9H2,1-4H3,(H2,15,17). The maximum absolute atomic E-state index is 12.4. The molecule has 0 spiro atoms. The second kappa shape index (κ2) is 5.72. The Hall–Kier alpha value is -1.06. The molecule has 2 amide bonds. The van der Waals surface area contributed by atoms with Crippen LogP contribution < -0.4 is 5.73 Å². The van der Waals surface area contributed by atoms with Crippen LogP contribution in [0.3, 0.4) is 0 Å². The average molecular weight is 254 g/mol. The van der Waals surface area contributed by atoms with Gasteiger partial charge in [0, 0.05) is 24.4 Å². The van der Waals surface area contributed by atoms with Gasteiger partial charge in [0.15, 0.2) is 0 Å². The van der Waals surface area contributed by atoms with Gasteiger partial charge in [-0.2, -0.15) is 0 Å². The maximum Gasteiger partial charge on any atom is 0.228 e. The minimum absolute atomic E-state index is 0.0535. The number of nitrogens with two attached hydrogens (primary N) is 1. The molecule has 18 heavy (non-hydrogen) atoms. The summed E-state index contributed by atoms with van der Waals surface area (Å²) in [5.41, 5.74) is 4.99. The first-order valence-electron chi connectivity index (χ1n) is 6.82.